The maximum Gasteiger partial charge on any atom is 0.231 e. The summed E-state index contributed by atoms with van der Waals surface area (Å²) in [5, 5.41) is 0. The SMILES string of the molecule is COc1ccc(C2=C3CC(CN(C(=O)C4CCCCC4)c4cc(/C(C=NC(C)C)=C/N)ccn4)(CC2)C3)cc1C.O. The van der Waals surface area contributed by atoms with Crippen LogP contribution in [0.2, 0.25) is 0 Å². The molecule has 7 heteroatoms. The van der Waals surface area contributed by atoms with E-state index in [1.165, 1.54) is 23.1 Å². The zero-order valence-electron chi connectivity index (χ0n) is 25.1. The number of benzene rings is 1. The molecule has 1 amide bonds. The van der Waals surface area contributed by atoms with E-state index in [0.29, 0.717) is 0 Å². The molecule has 6 rings (SSSR count). The molecule has 0 aliphatic heterocycles. The largest absolute Gasteiger partial charge is 0.496 e. The molecule has 0 atom stereocenters. The average Bonchev–Trinajstić information content (AvgIpc) is 2.96. The molecule has 2 aromatic rings. The number of anilines is 1. The molecule has 41 heavy (non-hydrogen) atoms. The van der Waals surface area contributed by atoms with Crippen LogP contribution in [0.3, 0.4) is 0 Å². The Kier molecular flexibility index (Phi) is 9.69. The van der Waals surface area contributed by atoms with E-state index in [-0.39, 0.29) is 28.8 Å². The molecule has 7 nitrogen and oxygen atoms in total. The maximum atomic E-state index is 14.1. The minimum absolute atomic E-state index is 0. The van der Waals surface area contributed by atoms with Gasteiger partial charge in [0.05, 0.1) is 7.11 Å². The van der Waals surface area contributed by atoms with Gasteiger partial charge in [-0.25, -0.2) is 4.98 Å². The van der Waals surface area contributed by atoms with Crippen LogP contribution in [-0.2, 0) is 4.79 Å². The Morgan fingerprint density at radius 3 is 2.56 bits per heavy atom. The molecule has 1 aromatic carbocycles. The highest BCUT2D eigenvalue weighted by Crippen LogP contribution is 2.58. The average molecular weight is 559 g/mol. The summed E-state index contributed by atoms with van der Waals surface area (Å²) in [5.41, 5.74) is 13.4. The molecule has 2 fully saturated rings. The topological polar surface area (TPSA) is 112 Å². The van der Waals surface area contributed by atoms with Crippen molar-refractivity contribution in [2.75, 3.05) is 18.6 Å². The first kappa shape index (κ1) is 30.5. The van der Waals surface area contributed by atoms with Crippen molar-refractivity contribution < 1.29 is 15.0 Å². The summed E-state index contributed by atoms with van der Waals surface area (Å²) < 4.78 is 5.48. The van der Waals surface area contributed by atoms with Gasteiger partial charge in [0.2, 0.25) is 5.91 Å². The summed E-state index contributed by atoms with van der Waals surface area (Å²) >= 11 is 0. The quantitative estimate of drug-likeness (QED) is 0.364. The monoisotopic (exact) mass is 558 g/mol. The third kappa shape index (κ3) is 6.56. The number of allylic oxidation sites excluding steroid dienone is 3. The second-order valence-electron chi connectivity index (χ2n) is 12.3. The van der Waals surface area contributed by atoms with E-state index in [4.69, 9.17) is 15.5 Å². The van der Waals surface area contributed by atoms with E-state index in [0.717, 1.165) is 80.6 Å². The van der Waals surface area contributed by atoms with Crippen molar-refractivity contribution in [3.8, 4) is 5.75 Å². The zero-order chi connectivity index (χ0) is 28.3. The number of nitrogens with two attached hydrogens (primary N) is 1. The molecule has 0 unspecified atom stereocenters. The van der Waals surface area contributed by atoms with Crippen LogP contribution >= 0.6 is 0 Å². The van der Waals surface area contributed by atoms with Crippen molar-refractivity contribution in [1.29, 1.82) is 0 Å². The molecule has 2 bridgehead atoms. The lowest BCUT2D eigenvalue weighted by molar-refractivity contribution is -0.123. The van der Waals surface area contributed by atoms with Gasteiger partial charge >= 0.3 is 0 Å². The molecule has 4 aliphatic rings. The second-order valence-corrected chi connectivity index (χ2v) is 12.3. The fraction of sp³-hybridized carbons (Fsp3) is 0.500. The third-order valence-corrected chi connectivity index (χ3v) is 9.01. The second kappa shape index (κ2) is 13.0. The number of aromatic nitrogens is 1. The van der Waals surface area contributed by atoms with Crippen LogP contribution in [0.4, 0.5) is 5.82 Å². The van der Waals surface area contributed by atoms with E-state index in [1.807, 2.05) is 37.1 Å². The first-order valence-corrected chi connectivity index (χ1v) is 14.9. The highest BCUT2D eigenvalue weighted by molar-refractivity contribution is 6.10. The van der Waals surface area contributed by atoms with Crippen LogP contribution in [0, 0.1) is 18.3 Å². The summed E-state index contributed by atoms with van der Waals surface area (Å²) in [6.07, 6.45) is 14.9. The lowest BCUT2D eigenvalue weighted by Gasteiger charge is -2.52. The predicted molar refractivity (Wildman–Crippen MR) is 168 cm³/mol. The normalized spacial score (nSPS) is 18.7. The Hall–Kier alpha value is -3.45. The number of rotatable bonds is 9. The summed E-state index contributed by atoms with van der Waals surface area (Å²) in [4.78, 5) is 25.4. The molecule has 0 spiro atoms. The van der Waals surface area contributed by atoms with Crippen LogP contribution in [0.15, 0.2) is 53.3 Å². The number of ether oxygens (including phenoxy) is 1. The van der Waals surface area contributed by atoms with Crippen LogP contribution in [-0.4, -0.2) is 42.3 Å². The van der Waals surface area contributed by atoms with Crippen molar-refractivity contribution in [2.45, 2.75) is 84.6 Å². The third-order valence-electron chi connectivity index (χ3n) is 9.01. The van der Waals surface area contributed by atoms with E-state index in [2.05, 4.69) is 30.1 Å². The molecule has 2 saturated carbocycles. The first-order valence-electron chi connectivity index (χ1n) is 14.9. The fourth-order valence-corrected chi connectivity index (χ4v) is 6.78. The van der Waals surface area contributed by atoms with Gasteiger partial charge in [0, 0.05) is 42.7 Å². The number of amides is 1. The van der Waals surface area contributed by atoms with Gasteiger partial charge in [0.1, 0.15) is 11.6 Å². The number of aryl methyl sites for hydroxylation is 1. The van der Waals surface area contributed by atoms with E-state index in [1.54, 1.807) is 25.1 Å². The molecule has 0 saturated heterocycles. The fourth-order valence-electron chi connectivity index (χ4n) is 6.78. The molecule has 4 N–H and O–H groups in total. The first-order chi connectivity index (χ1) is 19.3. The summed E-state index contributed by atoms with van der Waals surface area (Å²) in [6, 6.07) is 10.7. The lowest BCUT2D eigenvalue weighted by Crippen LogP contribution is -2.49. The van der Waals surface area contributed by atoms with Gasteiger partial charge in [-0.1, -0.05) is 30.9 Å². The molecule has 1 aromatic heterocycles. The Bertz CT molecular complexity index is 1330. The molecular weight excluding hydrogens is 512 g/mol. The number of hydrogen-bond donors (Lipinski definition) is 1. The Balaban J connectivity index is 0.00000387. The van der Waals surface area contributed by atoms with E-state index < -0.39 is 0 Å². The number of carbonyl (C=O) groups is 1. The predicted octanol–water partition coefficient (Wildman–Crippen LogP) is 6.29. The zero-order valence-corrected chi connectivity index (χ0v) is 25.1. The molecule has 4 aliphatic carbocycles. The van der Waals surface area contributed by atoms with Crippen LogP contribution in [0.25, 0.3) is 11.1 Å². The number of carbonyl (C=O) groups excluding carboxylic acids is 1. The summed E-state index contributed by atoms with van der Waals surface area (Å²) in [6.45, 7) is 6.91. The van der Waals surface area contributed by atoms with Crippen LogP contribution < -0.4 is 15.4 Å². The minimum Gasteiger partial charge on any atom is -0.496 e. The van der Waals surface area contributed by atoms with Crippen molar-refractivity contribution >= 4 is 29.1 Å². The Morgan fingerprint density at radius 1 is 1.20 bits per heavy atom. The number of fused-ring (bicyclic) bond motifs is 2. The van der Waals surface area contributed by atoms with Crippen molar-refractivity contribution in [1.82, 2.24) is 4.98 Å². The van der Waals surface area contributed by atoms with Gasteiger partial charge in [0.15, 0.2) is 0 Å². The Labute approximate surface area is 244 Å². The maximum absolute atomic E-state index is 14.1. The standard InChI is InChI=1S/C34H44N4O2.H2O/c1-23(2)37-21-29(20-35)26-13-15-36-32(17-26)38(33(39)25-8-6-5-7-9-25)22-34-14-12-30(28(18-34)19-34)27-10-11-31(40-4)24(3)16-27;/h10-11,13,15-17,20-21,23,25H,5-9,12,14,18-19,22,35H2,1-4H3;1H2/b29-20+,37-21?;. The number of hydrogen-bond acceptors (Lipinski definition) is 5. The number of aliphatic imine (C=N–C) groups is 1. The van der Waals surface area contributed by atoms with Gasteiger partial charge < -0.3 is 15.9 Å². The summed E-state index contributed by atoms with van der Waals surface area (Å²) in [5.74, 6) is 1.98. The van der Waals surface area contributed by atoms with Crippen LogP contribution in [0.5, 0.6) is 5.75 Å². The molecule has 220 valence electrons. The van der Waals surface area contributed by atoms with Crippen molar-refractivity contribution in [2.24, 2.45) is 22.1 Å². The van der Waals surface area contributed by atoms with E-state index in [9.17, 15) is 4.79 Å². The lowest BCUT2D eigenvalue weighted by atomic mass is 9.56. The van der Waals surface area contributed by atoms with Gasteiger partial charge in [-0.3, -0.25) is 14.7 Å². The van der Waals surface area contributed by atoms with Crippen molar-refractivity contribution in [3.63, 3.8) is 0 Å². The number of pyridine rings is 1. The van der Waals surface area contributed by atoms with Crippen LogP contribution in [0.1, 0.15) is 88.3 Å². The molecule has 0 radical (unpaired) electrons. The van der Waals surface area contributed by atoms with Gasteiger partial charge in [0.25, 0.3) is 0 Å². The summed E-state index contributed by atoms with van der Waals surface area (Å²) in [7, 11) is 1.72. The molecular formula is C34H46N4O3. The highest BCUT2D eigenvalue weighted by Gasteiger charge is 2.47. The van der Waals surface area contributed by atoms with Gasteiger partial charge in [-0.15, -0.1) is 0 Å². The number of nitrogens with zero attached hydrogens (tertiary/aromatic N) is 3. The van der Waals surface area contributed by atoms with Gasteiger partial charge in [-0.05, 0) is 111 Å². The van der Waals surface area contributed by atoms with Gasteiger partial charge in [-0.2, -0.15) is 0 Å². The highest BCUT2D eigenvalue weighted by atomic mass is 16.5. The Morgan fingerprint density at radius 2 is 1.95 bits per heavy atom. The van der Waals surface area contributed by atoms with E-state index >= 15 is 0 Å². The number of methoxy groups -OCH3 is 1. The molecule has 1 heterocycles. The smallest absolute Gasteiger partial charge is 0.231 e. The van der Waals surface area contributed by atoms with Crippen molar-refractivity contribution in [3.05, 3.63) is 65.0 Å². The minimum atomic E-state index is 0.